The summed E-state index contributed by atoms with van der Waals surface area (Å²) >= 11 is 0. The largest absolute Gasteiger partial charge is 0.497 e. The van der Waals surface area contributed by atoms with Crippen molar-refractivity contribution < 1.29 is 18.5 Å². The molecule has 0 aliphatic heterocycles. The van der Waals surface area contributed by atoms with Crippen LogP contribution in [-0.2, 0) is 15.8 Å². The molecule has 0 spiro atoms. The highest BCUT2D eigenvalue weighted by molar-refractivity contribution is 7.86. The summed E-state index contributed by atoms with van der Waals surface area (Å²) in [7, 11) is 7.32. The third-order valence-electron chi connectivity index (χ3n) is 6.05. The quantitative estimate of drug-likeness (QED) is 0.217. The van der Waals surface area contributed by atoms with Gasteiger partial charge in [0.05, 0.1) is 36.7 Å². The second-order valence-electron chi connectivity index (χ2n) is 9.62. The Morgan fingerprint density at radius 2 is 1.49 bits per heavy atom. The van der Waals surface area contributed by atoms with Gasteiger partial charge in [0, 0.05) is 42.7 Å². The number of likely N-dealkylation sites (N-methyl/N-ethyl adjacent to an activating group) is 2. The summed E-state index contributed by atoms with van der Waals surface area (Å²) in [6.45, 7) is 1.86. The van der Waals surface area contributed by atoms with Gasteiger partial charge in [-0.15, -0.1) is 0 Å². The van der Waals surface area contributed by atoms with Crippen LogP contribution in [0.25, 0.3) is 11.0 Å². The van der Waals surface area contributed by atoms with Crippen molar-refractivity contribution in [2.45, 2.75) is 4.90 Å². The van der Waals surface area contributed by atoms with Crippen LogP contribution in [0.1, 0.15) is 0 Å². The molecule has 41 heavy (non-hydrogen) atoms. The fourth-order valence-corrected chi connectivity index (χ4v) is 4.78. The zero-order valence-electron chi connectivity index (χ0n) is 23.8. The molecule has 4 rings (SSSR count). The van der Waals surface area contributed by atoms with Crippen molar-refractivity contribution >= 4 is 50.9 Å². The van der Waals surface area contributed by atoms with Gasteiger partial charge in [0.25, 0.3) is 0 Å². The van der Waals surface area contributed by atoms with Gasteiger partial charge in [0.1, 0.15) is 11.5 Å². The van der Waals surface area contributed by atoms with Crippen LogP contribution in [0.15, 0.2) is 71.6 Å². The Kier molecular flexibility index (Phi) is 10.1. The monoisotopic (exact) mass is 577 g/mol. The summed E-state index contributed by atoms with van der Waals surface area (Å²) in [4.78, 5) is 26.5. The Labute approximate surface area is 242 Å². The Morgan fingerprint density at radius 1 is 0.829 bits per heavy atom. The number of benzene rings is 3. The van der Waals surface area contributed by atoms with Crippen molar-refractivity contribution in [3.05, 3.63) is 66.7 Å². The van der Waals surface area contributed by atoms with E-state index in [0.717, 1.165) is 13.1 Å². The molecule has 11 nitrogen and oxygen atoms in total. The standard InChI is InChI=1S/C29H35N7O4S/c1-35(2)13-14-36(3)19-27(37)30-20-9-8-10-24(17-20)41(38)34-29-28(32-25-11-6-7-12-26(25)33-29)31-21-15-22(39-4)18-23(16-21)40-5/h6-12,15-18H,13-14,19H2,1-5H3,(H,30,37)(H,31,32)(H,33,34). The topological polar surface area (TPSA) is 121 Å². The molecule has 0 radical (unpaired) electrons. The number of ether oxygens (including phenoxy) is 2. The zero-order chi connectivity index (χ0) is 29.4. The number of methoxy groups -OCH3 is 2. The van der Waals surface area contributed by atoms with E-state index in [1.165, 1.54) is 0 Å². The minimum atomic E-state index is -1.71. The maximum atomic E-state index is 13.5. The van der Waals surface area contributed by atoms with E-state index in [1.807, 2.05) is 50.3 Å². The van der Waals surface area contributed by atoms with Crippen molar-refractivity contribution in [2.75, 3.05) is 70.4 Å². The molecule has 0 aliphatic carbocycles. The van der Waals surface area contributed by atoms with Crippen molar-refractivity contribution in [2.24, 2.45) is 0 Å². The molecule has 1 amide bonds. The minimum Gasteiger partial charge on any atom is -0.497 e. The lowest BCUT2D eigenvalue weighted by molar-refractivity contribution is -0.117. The number of amides is 1. The summed E-state index contributed by atoms with van der Waals surface area (Å²) < 4.78 is 27.2. The van der Waals surface area contributed by atoms with Crippen LogP contribution in [-0.4, -0.2) is 84.9 Å². The second kappa shape index (κ2) is 13.9. The lowest BCUT2D eigenvalue weighted by atomic mass is 10.2. The normalized spacial score (nSPS) is 11.9. The molecule has 1 unspecified atom stereocenters. The van der Waals surface area contributed by atoms with Gasteiger partial charge in [-0.05, 0) is 51.5 Å². The van der Waals surface area contributed by atoms with Gasteiger partial charge < -0.3 is 25.0 Å². The predicted octanol–water partition coefficient (Wildman–Crippen LogP) is 3.96. The van der Waals surface area contributed by atoms with Gasteiger partial charge in [-0.1, -0.05) is 18.2 Å². The Hall–Kier alpha value is -4.26. The molecule has 1 atom stereocenters. The van der Waals surface area contributed by atoms with E-state index in [1.54, 1.807) is 56.7 Å². The van der Waals surface area contributed by atoms with Gasteiger partial charge in [0.15, 0.2) is 22.6 Å². The molecule has 12 heteroatoms. The summed E-state index contributed by atoms with van der Waals surface area (Å²) in [5, 5.41) is 6.14. The van der Waals surface area contributed by atoms with Crippen molar-refractivity contribution in [3.8, 4) is 11.5 Å². The molecule has 3 N–H and O–H groups in total. The molecule has 0 saturated carbocycles. The molecule has 0 saturated heterocycles. The number of hydrogen-bond donors (Lipinski definition) is 3. The first-order valence-corrected chi connectivity index (χ1v) is 14.1. The molecule has 0 aliphatic rings. The Balaban J connectivity index is 1.54. The summed E-state index contributed by atoms with van der Waals surface area (Å²) in [6.07, 6.45) is 0. The number of hydrogen-bond acceptors (Lipinski definition) is 9. The van der Waals surface area contributed by atoms with Gasteiger partial charge in [-0.3, -0.25) is 14.4 Å². The fourth-order valence-electron chi connectivity index (χ4n) is 3.91. The lowest BCUT2D eigenvalue weighted by Gasteiger charge is -2.19. The molecule has 4 aromatic rings. The summed E-state index contributed by atoms with van der Waals surface area (Å²) in [5.41, 5.74) is 2.51. The van der Waals surface area contributed by atoms with Gasteiger partial charge in [-0.2, -0.15) is 0 Å². The number of carbonyl (C=O) groups is 1. The van der Waals surface area contributed by atoms with Crippen LogP contribution in [0, 0.1) is 0 Å². The molecule has 216 valence electrons. The average Bonchev–Trinajstić information content (AvgIpc) is 2.96. The van der Waals surface area contributed by atoms with E-state index < -0.39 is 11.0 Å². The maximum Gasteiger partial charge on any atom is 0.238 e. The van der Waals surface area contributed by atoms with Gasteiger partial charge >= 0.3 is 0 Å². The lowest BCUT2D eigenvalue weighted by Crippen LogP contribution is -2.34. The van der Waals surface area contributed by atoms with Crippen LogP contribution >= 0.6 is 0 Å². The summed E-state index contributed by atoms with van der Waals surface area (Å²) in [5.74, 6) is 1.71. The highest BCUT2D eigenvalue weighted by Gasteiger charge is 2.15. The maximum absolute atomic E-state index is 13.5. The zero-order valence-corrected chi connectivity index (χ0v) is 24.6. The molecular weight excluding hydrogens is 542 g/mol. The number of nitrogens with one attached hydrogen (secondary N) is 3. The SMILES string of the molecule is COc1cc(Nc2nc3ccccc3nc2NS(=O)c2cccc(NC(=O)CN(C)CCN(C)C)c2)cc(OC)c1. The second-order valence-corrected chi connectivity index (χ2v) is 10.8. The highest BCUT2D eigenvalue weighted by Crippen LogP contribution is 2.31. The van der Waals surface area contributed by atoms with Crippen LogP contribution in [0.5, 0.6) is 11.5 Å². The minimum absolute atomic E-state index is 0.150. The van der Waals surface area contributed by atoms with Crippen LogP contribution < -0.4 is 24.8 Å². The van der Waals surface area contributed by atoms with Crippen molar-refractivity contribution in [1.82, 2.24) is 19.8 Å². The molecule has 0 bridgehead atoms. The third kappa shape index (κ3) is 8.37. The van der Waals surface area contributed by atoms with E-state index in [9.17, 15) is 9.00 Å². The number of aromatic nitrogens is 2. The van der Waals surface area contributed by atoms with E-state index in [2.05, 4.69) is 25.2 Å². The van der Waals surface area contributed by atoms with E-state index in [4.69, 9.17) is 14.5 Å². The van der Waals surface area contributed by atoms with E-state index in [0.29, 0.717) is 50.4 Å². The fraction of sp³-hybridized carbons (Fsp3) is 0.276. The number of rotatable bonds is 13. The number of para-hydroxylation sites is 2. The number of anilines is 4. The average molecular weight is 578 g/mol. The molecule has 1 aromatic heterocycles. The molecular formula is C29H35N7O4S. The Bertz CT molecular complexity index is 1510. The molecule has 1 heterocycles. The first-order chi connectivity index (χ1) is 19.7. The molecule has 0 fully saturated rings. The van der Waals surface area contributed by atoms with Crippen LogP contribution in [0.2, 0.25) is 0 Å². The number of nitrogens with zero attached hydrogens (tertiary/aromatic N) is 4. The molecule has 3 aromatic carbocycles. The van der Waals surface area contributed by atoms with Gasteiger partial charge in [0.2, 0.25) is 5.91 Å². The first-order valence-electron chi connectivity index (χ1n) is 12.9. The Morgan fingerprint density at radius 3 is 2.12 bits per heavy atom. The number of fused-ring (bicyclic) bond motifs is 1. The van der Waals surface area contributed by atoms with Gasteiger partial charge in [-0.25, -0.2) is 14.2 Å². The first kappa shape index (κ1) is 29.7. The third-order valence-corrected chi connectivity index (χ3v) is 7.11. The van der Waals surface area contributed by atoms with Crippen molar-refractivity contribution in [3.63, 3.8) is 0 Å². The van der Waals surface area contributed by atoms with Crippen LogP contribution in [0.4, 0.5) is 23.0 Å². The summed E-state index contributed by atoms with van der Waals surface area (Å²) in [6, 6.07) is 19.7. The predicted molar refractivity (Wildman–Crippen MR) is 164 cm³/mol. The smallest absolute Gasteiger partial charge is 0.238 e. The number of carbonyl (C=O) groups excluding carboxylic acids is 1. The van der Waals surface area contributed by atoms with E-state index >= 15 is 0 Å². The van der Waals surface area contributed by atoms with E-state index in [-0.39, 0.29) is 12.5 Å². The highest BCUT2D eigenvalue weighted by atomic mass is 32.2. The van der Waals surface area contributed by atoms with Crippen LogP contribution in [0.3, 0.4) is 0 Å². The van der Waals surface area contributed by atoms with Crippen molar-refractivity contribution in [1.29, 1.82) is 0 Å².